The van der Waals surface area contributed by atoms with Gasteiger partial charge in [0.1, 0.15) is 0 Å². The number of halogens is 1. The summed E-state index contributed by atoms with van der Waals surface area (Å²) in [5, 5.41) is 8.64. The summed E-state index contributed by atoms with van der Waals surface area (Å²) in [6.07, 6.45) is -0.193. The number of carbonyl (C=O) groups excluding carboxylic acids is 1. The first kappa shape index (κ1) is 14.4. The lowest BCUT2D eigenvalue weighted by molar-refractivity contribution is -0.136. The molecule has 1 unspecified atom stereocenters. The van der Waals surface area contributed by atoms with Gasteiger partial charge >= 0.3 is 5.97 Å². The smallest absolute Gasteiger partial charge is 0.304 e. The molecule has 0 fully saturated rings. The predicted octanol–water partition coefficient (Wildman–Crippen LogP) is 3.47. The molecular formula is C12H15BrO3S. The van der Waals surface area contributed by atoms with E-state index < -0.39 is 10.8 Å². The van der Waals surface area contributed by atoms with Crippen molar-refractivity contribution in [2.75, 3.05) is 0 Å². The molecule has 0 bridgehead atoms. The number of carbonyl (C=O) groups is 2. The van der Waals surface area contributed by atoms with Crippen molar-refractivity contribution in [3.05, 3.63) is 21.9 Å². The number of Topliss-reactive ketones (excluding diaryl/α,β-unsaturated/α-hetero) is 1. The van der Waals surface area contributed by atoms with Crippen LogP contribution in [0.2, 0.25) is 0 Å². The molecule has 0 aliphatic heterocycles. The van der Waals surface area contributed by atoms with E-state index >= 15 is 0 Å². The molecule has 0 aliphatic rings. The Bertz CT molecular complexity index is 431. The van der Waals surface area contributed by atoms with Gasteiger partial charge in [-0.05, 0) is 17.5 Å². The molecule has 0 spiro atoms. The first-order valence-corrected chi connectivity index (χ1v) is 6.95. The van der Waals surface area contributed by atoms with Gasteiger partial charge in [-0.1, -0.05) is 36.7 Å². The van der Waals surface area contributed by atoms with Crippen molar-refractivity contribution in [2.24, 2.45) is 0 Å². The number of carboxylic acid groups (broad SMARTS) is 1. The van der Waals surface area contributed by atoms with Crippen LogP contribution in [0.25, 0.3) is 0 Å². The van der Waals surface area contributed by atoms with E-state index in [1.54, 1.807) is 6.07 Å². The lowest BCUT2D eigenvalue weighted by Gasteiger charge is -2.15. The highest BCUT2D eigenvalue weighted by Crippen LogP contribution is 2.30. The number of rotatable bonds is 4. The number of hydrogen-bond donors (Lipinski definition) is 1. The third kappa shape index (κ3) is 3.92. The van der Waals surface area contributed by atoms with E-state index in [0.29, 0.717) is 4.88 Å². The summed E-state index contributed by atoms with van der Waals surface area (Å²) in [6.45, 7) is 6.24. The minimum Gasteiger partial charge on any atom is -0.481 e. The topological polar surface area (TPSA) is 54.4 Å². The zero-order chi connectivity index (χ0) is 13.2. The van der Waals surface area contributed by atoms with E-state index in [0.717, 1.165) is 4.88 Å². The quantitative estimate of drug-likeness (QED) is 0.683. The summed E-state index contributed by atoms with van der Waals surface area (Å²) in [5.41, 5.74) is 0.0117. The standard InChI is InChI=1S/C12H15BrO3S/c1-12(2,3)9-5-4-8(17-9)11(16)7(13)6-10(14)15/h4-5,7H,6H2,1-3H3,(H,14,15). The van der Waals surface area contributed by atoms with Crippen molar-refractivity contribution in [3.63, 3.8) is 0 Å². The fourth-order valence-corrected chi connectivity index (χ4v) is 3.01. The zero-order valence-corrected chi connectivity index (χ0v) is 12.4. The van der Waals surface area contributed by atoms with Crippen LogP contribution in [-0.2, 0) is 10.2 Å². The number of ketones is 1. The molecule has 0 amide bonds. The van der Waals surface area contributed by atoms with Crippen LogP contribution in [0.15, 0.2) is 12.1 Å². The summed E-state index contributed by atoms with van der Waals surface area (Å²) < 4.78 is 0. The van der Waals surface area contributed by atoms with Gasteiger partial charge in [0, 0.05) is 4.88 Å². The van der Waals surface area contributed by atoms with E-state index in [-0.39, 0.29) is 17.6 Å². The number of hydrogen-bond acceptors (Lipinski definition) is 3. The number of alkyl halides is 1. The molecule has 5 heteroatoms. The highest BCUT2D eigenvalue weighted by molar-refractivity contribution is 9.10. The van der Waals surface area contributed by atoms with Crippen LogP contribution in [0, 0.1) is 0 Å². The molecule has 0 aromatic carbocycles. The maximum atomic E-state index is 11.9. The Labute approximate surface area is 113 Å². The van der Waals surface area contributed by atoms with Gasteiger partial charge in [0.25, 0.3) is 0 Å². The van der Waals surface area contributed by atoms with E-state index in [2.05, 4.69) is 36.7 Å². The van der Waals surface area contributed by atoms with Crippen molar-refractivity contribution in [1.82, 2.24) is 0 Å². The monoisotopic (exact) mass is 318 g/mol. The molecule has 0 radical (unpaired) electrons. The summed E-state index contributed by atoms with van der Waals surface area (Å²) in [7, 11) is 0. The van der Waals surface area contributed by atoms with Crippen molar-refractivity contribution in [2.45, 2.75) is 37.4 Å². The van der Waals surface area contributed by atoms with E-state index in [4.69, 9.17) is 5.11 Å². The van der Waals surface area contributed by atoms with Gasteiger partial charge in [-0.2, -0.15) is 0 Å². The average Bonchev–Trinajstić information content (AvgIpc) is 2.63. The highest BCUT2D eigenvalue weighted by Gasteiger charge is 2.23. The largest absolute Gasteiger partial charge is 0.481 e. The van der Waals surface area contributed by atoms with Gasteiger partial charge in [0.05, 0.1) is 16.1 Å². The maximum absolute atomic E-state index is 11.9. The van der Waals surface area contributed by atoms with Crippen LogP contribution < -0.4 is 0 Å². The molecule has 0 saturated carbocycles. The molecular weight excluding hydrogens is 304 g/mol. The van der Waals surface area contributed by atoms with Crippen LogP contribution >= 0.6 is 27.3 Å². The van der Waals surface area contributed by atoms with Crippen molar-refractivity contribution in [3.8, 4) is 0 Å². The van der Waals surface area contributed by atoms with Crippen LogP contribution in [0.1, 0.15) is 41.7 Å². The van der Waals surface area contributed by atoms with E-state index in [9.17, 15) is 9.59 Å². The second kappa shape index (κ2) is 5.31. The third-order valence-electron chi connectivity index (χ3n) is 2.23. The van der Waals surface area contributed by atoms with E-state index in [1.165, 1.54) is 11.3 Å². The Morgan fingerprint density at radius 1 is 1.41 bits per heavy atom. The predicted molar refractivity (Wildman–Crippen MR) is 72.3 cm³/mol. The van der Waals surface area contributed by atoms with Gasteiger partial charge < -0.3 is 5.11 Å². The Morgan fingerprint density at radius 2 is 2.00 bits per heavy atom. The summed E-state index contributed by atoms with van der Waals surface area (Å²) in [6, 6.07) is 3.70. The number of carboxylic acids is 1. The summed E-state index contributed by atoms with van der Waals surface area (Å²) >= 11 is 4.55. The SMILES string of the molecule is CC(C)(C)c1ccc(C(=O)C(Br)CC(=O)O)s1. The van der Waals surface area contributed by atoms with Crippen molar-refractivity contribution < 1.29 is 14.7 Å². The van der Waals surface area contributed by atoms with E-state index in [1.807, 2.05) is 6.07 Å². The average molecular weight is 319 g/mol. The lowest BCUT2D eigenvalue weighted by Crippen LogP contribution is -2.17. The van der Waals surface area contributed by atoms with Crippen LogP contribution in [0.5, 0.6) is 0 Å². The Kier molecular flexibility index (Phi) is 4.49. The minimum absolute atomic E-state index is 0.0117. The number of thiophene rings is 1. The first-order chi connectivity index (χ1) is 7.71. The normalized spacial score (nSPS) is 13.4. The van der Waals surface area contributed by atoms with Crippen molar-refractivity contribution in [1.29, 1.82) is 0 Å². The second-order valence-electron chi connectivity index (χ2n) is 4.84. The van der Waals surface area contributed by atoms with Crippen LogP contribution in [0.3, 0.4) is 0 Å². The van der Waals surface area contributed by atoms with Crippen molar-refractivity contribution >= 4 is 39.0 Å². The minimum atomic E-state index is -0.979. The Hall–Kier alpha value is -0.680. The third-order valence-corrected chi connectivity index (χ3v) is 4.49. The molecule has 1 rings (SSSR count). The van der Waals surface area contributed by atoms with Crippen LogP contribution in [0.4, 0.5) is 0 Å². The van der Waals surface area contributed by atoms with Gasteiger partial charge in [-0.25, -0.2) is 0 Å². The molecule has 1 N–H and O–H groups in total. The molecule has 0 saturated heterocycles. The molecule has 1 aromatic heterocycles. The number of aliphatic carboxylic acids is 1. The lowest BCUT2D eigenvalue weighted by atomic mass is 9.95. The van der Waals surface area contributed by atoms with Gasteiger partial charge in [-0.15, -0.1) is 11.3 Å². The fraction of sp³-hybridized carbons (Fsp3) is 0.500. The molecule has 1 heterocycles. The Morgan fingerprint density at radius 3 is 2.41 bits per heavy atom. The first-order valence-electron chi connectivity index (χ1n) is 5.22. The Balaban J connectivity index is 2.84. The molecule has 3 nitrogen and oxygen atoms in total. The molecule has 0 aliphatic carbocycles. The maximum Gasteiger partial charge on any atom is 0.304 e. The zero-order valence-electron chi connectivity index (χ0n) is 9.99. The highest BCUT2D eigenvalue weighted by atomic mass is 79.9. The molecule has 1 atom stereocenters. The van der Waals surface area contributed by atoms with Gasteiger partial charge in [0.15, 0.2) is 5.78 Å². The van der Waals surface area contributed by atoms with Gasteiger partial charge in [-0.3, -0.25) is 9.59 Å². The molecule has 1 aromatic rings. The van der Waals surface area contributed by atoms with Crippen LogP contribution in [-0.4, -0.2) is 21.7 Å². The molecule has 17 heavy (non-hydrogen) atoms. The summed E-state index contributed by atoms with van der Waals surface area (Å²) in [5.74, 6) is -1.14. The molecule has 94 valence electrons. The fourth-order valence-electron chi connectivity index (χ4n) is 1.27. The summed E-state index contributed by atoms with van der Waals surface area (Å²) in [4.78, 5) is 23.5. The van der Waals surface area contributed by atoms with Gasteiger partial charge in [0.2, 0.25) is 0 Å². The second-order valence-corrected chi connectivity index (χ2v) is 7.03.